The number of hydrogen-bond acceptors (Lipinski definition) is 4. The van der Waals surface area contributed by atoms with Gasteiger partial charge in [0, 0.05) is 12.6 Å². The van der Waals surface area contributed by atoms with Crippen LogP contribution in [0, 0.1) is 5.92 Å². The van der Waals surface area contributed by atoms with Crippen LogP contribution in [-0.2, 0) is 9.84 Å². The van der Waals surface area contributed by atoms with E-state index in [-0.39, 0.29) is 0 Å². The molecule has 1 aliphatic heterocycles. The summed E-state index contributed by atoms with van der Waals surface area (Å²) in [7, 11) is -2.98. The summed E-state index contributed by atoms with van der Waals surface area (Å²) in [5.41, 5.74) is 0. The summed E-state index contributed by atoms with van der Waals surface area (Å²) in [4.78, 5) is 2.32. The molecule has 0 bridgehead atoms. The van der Waals surface area contributed by atoms with Gasteiger partial charge in [0.1, 0.15) is 0 Å². The molecule has 2 fully saturated rings. The largest absolute Gasteiger partial charge is 0.314 e. The molecule has 2 rings (SSSR count). The molecule has 20 heavy (non-hydrogen) atoms. The Kier molecular flexibility index (Phi) is 5.14. The summed E-state index contributed by atoms with van der Waals surface area (Å²) in [6.07, 6.45) is 5.11. The van der Waals surface area contributed by atoms with E-state index in [0.29, 0.717) is 12.3 Å². The van der Waals surface area contributed by atoms with E-state index >= 15 is 0 Å². The van der Waals surface area contributed by atoms with E-state index in [9.17, 15) is 8.42 Å². The first kappa shape index (κ1) is 16.2. The van der Waals surface area contributed by atoms with Crippen molar-refractivity contribution in [2.75, 3.05) is 31.9 Å². The highest BCUT2D eigenvalue weighted by Gasteiger charge is 2.30. The zero-order valence-corrected chi connectivity index (χ0v) is 14.0. The lowest BCUT2D eigenvalue weighted by molar-refractivity contribution is 0.190. The number of nitrogens with one attached hydrogen (secondary N) is 1. The lowest BCUT2D eigenvalue weighted by Crippen LogP contribution is -2.41. The molecule has 1 aliphatic carbocycles. The quantitative estimate of drug-likeness (QED) is 0.811. The third kappa shape index (κ3) is 4.71. The molecule has 0 aromatic carbocycles. The zero-order chi connectivity index (χ0) is 14.8. The van der Waals surface area contributed by atoms with Crippen LogP contribution in [0.1, 0.15) is 46.5 Å². The molecule has 0 aromatic rings. The maximum absolute atomic E-state index is 12.1. The highest BCUT2D eigenvalue weighted by Crippen LogP contribution is 2.22. The minimum Gasteiger partial charge on any atom is -0.314 e. The molecule has 1 saturated heterocycles. The molecule has 0 spiro atoms. The summed E-state index contributed by atoms with van der Waals surface area (Å²) in [6, 6.07) is 0.796. The van der Waals surface area contributed by atoms with Crippen molar-refractivity contribution < 1.29 is 8.42 Å². The van der Waals surface area contributed by atoms with Gasteiger partial charge < -0.3 is 10.2 Å². The van der Waals surface area contributed by atoms with Gasteiger partial charge in [-0.05, 0) is 72.0 Å². The molecule has 0 atom stereocenters. The lowest BCUT2D eigenvalue weighted by Gasteiger charge is -2.32. The first-order chi connectivity index (χ1) is 9.28. The Bertz CT molecular complexity index is 402. The normalized spacial score (nSPS) is 23.1. The van der Waals surface area contributed by atoms with Gasteiger partial charge in [-0.3, -0.25) is 0 Å². The average Bonchev–Trinajstić information content (AvgIpc) is 3.18. The standard InChI is InChI=1S/C15H30N2O2S/c1-15(2,3)20(18,19)11-10-17-8-6-13(7-9-17)12-16-14-4-5-14/h13-14,16H,4-12H2,1-3H3. The number of hydrogen-bond donors (Lipinski definition) is 1. The summed E-state index contributed by atoms with van der Waals surface area (Å²) in [5.74, 6) is 1.08. The van der Waals surface area contributed by atoms with Crippen molar-refractivity contribution in [1.82, 2.24) is 10.2 Å². The predicted octanol–water partition coefficient (Wildman–Crippen LogP) is 1.66. The molecule has 2 aliphatic rings. The van der Waals surface area contributed by atoms with Gasteiger partial charge >= 0.3 is 0 Å². The Morgan fingerprint density at radius 1 is 1.10 bits per heavy atom. The van der Waals surface area contributed by atoms with Crippen LogP contribution < -0.4 is 5.32 Å². The SMILES string of the molecule is CC(C)(C)S(=O)(=O)CCN1CCC(CNC2CC2)CC1. The molecule has 0 unspecified atom stereocenters. The van der Waals surface area contributed by atoms with Gasteiger partial charge in [0.15, 0.2) is 9.84 Å². The third-order valence-corrected chi connectivity index (χ3v) is 7.18. The van der Waals surface area contributed by atoms with Gasteiger partial charge in [0.2, 0.25) is 0 Å². The predicted molar refractivity (Wildman–Crippen MR) is 83.7 cm³/mol. The minimum atomic E-state index is -2.98. The van der Waals surface area contributed by atoms with Crippen molar-refractivity contribution in [3.05, 3.63) is 0 Å². The van der Waals surface area contributed by atoms with Crippen LogP contribution in [0.4, 0.5) is 0 Å². The molecule has 118 valence electrons. The fraction of sp³-hybridized carbons (Fsp3) is 1.00. The maximum Gasteiger partial charge on any atom is 0.156 e. The van der Waals surface area contributed by atoms with Crippen molar-refractivity contribution in [2.24, 2.45) is 5.92 Å². The topological polar surface area (TPSA) is 49.4 Å². The monoisotopic (exact) mass is 302 g/mol. The Labute approximate surface area is 124 Å². The molecule has 1 N–H and O–H groups in total. The van der Waals surface area contributed by atoms with Crippen LogP contribution >= 0.6 is 0 Å². The summed E-state index contributed by atoms with van der Waals surface area (Å²) < 4.78 is 23.6. The Morgan fingerprint density at radius 2 is 1.70 bits per heavy atom. The molecular formula is C15H30N2O2S. The first-order valence-corrected chi connectivity index (χ1v) is 9.61. The summed E-state index contributed by atoms with van der Waals surface area (Å²) in [6.45, 7) is 9.32. The van der Waals surface area contributed by atoms with Crippen LogP contribution in [0.25, 0.3) is 0 Å². The lowest BCUT2D eigenvalue weighted by atomic mass is 9.97. The van der Waals surface area contributed by atoms with Gasteiger partial charge in [0.25, 0.3) is 0 Å². The summed E-state index contributed by atoms with van der Waals surface area (Å²) >= 11 is 0. The maximum atomic E-state index is 12.1. The number of sulfone groups is 1. The van der Waals surface area contributed by atoms with Crippen LogP contribution in [0.3, 0.4) is 0 Å². The van der Waals surface area contributed by atoms with E-state index in [4.69, 9.17) is 0 Å². The minimum absolute atomic E-state index is 0.293. The van der Waals surface area contributed by atoms with Crippen LogP contribution in [0.5, 0.6) is 0 Å². The zero-order valence-electron chi connectivity index (χ0n) is 13.2. The van der Waals surface area contributed by atoms with Crippen molar-refractivity contribution in [3.8, 4) is 0 Å². The van der Waals surface area contributed by atoms with E-state index in [1.54, 1.807) is 20.8 Å². The van der Waals surface area contributed by atoms with E-state index in [1.807, 2.05) is 0 Å². The highest BCUT2D eigenvalue weighted by molar-refractivity contribution is 7.92. The molecule has 4 nitrogen and oxygen atoms in total. The van der Waals surface area contributed by atoms with Gasteiger partial charge in [-0.25, -0.2) is 8.42 Å². The molecule has 0 radical (unpaired) electrons. The Morgan fingerprint density at radius 3 is 2.20 bits per heavy atom. The van der Waals surface area contributed by atoms with Crippen LogP contribution in [-0.4, -0.2) is 56.0 Å². The fourth-order valence-corrected chi connectivity index (χ4v) is 3.70. The highest BCUT2D eigenvalue weighted by atomic mass is 32.2. The van der Waals surface area contributed by atoms with E-state index < -0.39 is 14.6 Å². The van der Waals surface area contributed by atoms with E-state index in [2.05, 4.69) is 10.2 Å². The van der Waals surface area contributed by atoms with Gasteiger partial charge in [-0.15, -0.1) is 0 Å². The third-order valence-electron chi connectivity index (χ3n) is 4.59. The second-order valence-electron chi connectivity index (χ2n) is 7.40. The van der Waals surface area contributed by atoms with Gasteiger partial charge in [0.05, 0.1) is 10.5 Å². The molecular weight excluding hydrogens is 272 g/mol. The van der Waals surface area contributed by atoms with Crippen molar-refractivity contribution in [1.29, 1.82) is 0 Å². The number of piperidine rings is 1. The second-order valence-corrected chi connectivity index (χ2v) is 10.3. The number of rotatable bonds is 6. The first-order valence-electron chi connectivity index (χ1n) is 7.96. The van der Waals surface area contributed by atoms with Crippen molar-refractivity contribution in [2.45, 2.75) is 57.2 Å². The van der Waals surface area contributed by atoms with Crippen LogP contribution in [0.15, 0.2) is 0 Å². The molecule has 1 saturated carbocycles. The second kappa shape index (κ2) is 6.32. The van der Waals surface area contributed by atoms with Gasteiger partial charge in [-0.1, -0.05) is 0 Å². The molecule has 5 heteroatoms. The molecule has 1 heterocycles. The Balaban J connectivity index is 1.66. The number of likely N-dealkylation sites (tertiary alicyclic amines) is 1. The van der Waals surface area contributed by atoms with E-state index in [1.165, 1.54) is 25.7 Å². The summed E-state index contributed by atoms with van der Waals surface area (Å²) in [5, 5.41) is 3.60. The van der Waals surface area contributed by atoms with E-state index in [0.717, 1.165) is 31.6 Å². The van der Waals surface area contributed by atoms with Gasteiger partial charge in [-0.2, -0.15) is 0 Å². The Hall–Kier alpha value is -0.130. The average molecular weight is 302 g/mol. The smallest absolute Gasteiger partial charge is 0.156 e. The fourth-order valence-electron chi connectivity index (χ4n) is 2.59. The molecule has 0 aromatic heterocycles. The van der Waals surface area contributed by atoms with Crippen molar-refractivity contribution >= 4 is 9.84 Å². The number of nitrogens with zero attached hydrogens (tertiary/aromatic N) is 1. The van der Waals surface area contributed by atoms with Crippen LogP contribution in [0.2, 0.25) is 0 Å². The van der Waals surface area contributed by atoms with Crippen molar-refractivity contribution in [3.63, 3.8) is 0 Å². The molecule has 0 amide bonds.